The van der Waals surface area contributed by atoms with Crippen molar-refractivity contribution in [1.82, 2.24) is 5.32 Å². The van der Waals surface area contributed by atoms with Gasteiger partial charge in [-0.05, 0) is 18.6 Å². The molecule has 0 heterocycles. The number of hydrogen-bond donors (Lipinski definition) is 1. The Morgan fingerprint density at radius 1 is 1.33 bits per heavy atom. The second-order valence-electron chi connectivity index (χ2n) is 3.81. The monoisotopic (exact) mass is 253 g/mol. The van der Waals surface area contributed by atoms with Gasteiger partial charge in [0.1, 0.15) is 6.67 Å². The van der Waals surface area contributed by atoms with Crippen LogP contribution >= 0.6 is 0 Å². The van der Waals surface area contributed by atoms with E-state index >= 15 is 0 Å². The molecule has 18 heavy (non-hydrogen) atoms. The predicted octanol–water partition coefficient (Wildman–Crippen LogP) is 1.71. The Balaban J connectivity index is 2.48. The minimum Gasteiger partial charge on any atom is -0.469 e. The van der Waals surface area contributed by atoms with Crippen LogP contribution in [0.15, 0.2) is 30.3 Å². The first-order valence-corrected chi connectivity index (χ1v) is 5.66. The van der Waals surface area contributed by atoms with Crippen LogP contribution in [0.25, 0.3) is 0 Å². The highest BCUT2D eigenvalue weighted by Crippen LogP contribution is 2.03. The van der Waals surface area contributed by atoms with Crippen molar-refractivity contribution in [1.29, 1.82) is 0 Å². The quantitative estimate of drug-likeness (QED) is 0.785. The van der Waals surface area contributed by atoms with Gasteiger partial charge >= 0.3 is 5.97 Å². The van der Waals surface area contributed by atoms with Crippen LogP contribution in [-0.4, -0.2) is 31.7 Å². The average Bonchev–Trinajstić information content (AvgIpc) is 2.43. The van der Waals surface area contributed by atoms with E-state index in [4.69, 9.17) is 0 Å². The first-order valence-electron chi connectivity index (χ1n) is 5.66. The van der Waals surface area contributed by atoms with Crippen molar-refractivity contribution in [3.63, 3.8) is 0 Å². The SMILES string of the molecule is COC(=O)CCC(CF)NC(=O)c1ccccc1. The number of methoxy groups -OCH3 is 1. The molecule has 1 unspecified atom stereocenters. The molecule has 1 aromatic carbocycles. The minimum atomic E-state index is -0.713. The van der Waals surface area contributed by atoms with Crippen LogP contribution in [0.3, 0.4) is 0 Å². The van der Waals surface area contributed by atoms with E-state index in [-0.39, 0.29) is 18.7 Å². The Kier molecular flexibility index (Phi) is 5.84. The van der Waals surface area contributed by atoms with E-state index in [1.54, 1.807) is 30.3 Å². The largest absolute Gasteiger partial charge is 0.469 e. The lowest BCUT2D eigenvalue weighted by Crippen LogP contribution is -2.36. The number of hydrogen-bond acceptors (Lipinski definition) is 3. The third kappa shape index (κ3) is 4.53. The first kappa shape index (κ1) is 14.2. The number of carbonyl (C=O) groups is 2. The van der Waals surface area contributed by atoms with Crippen LogP contribution < -0.4 is 5.32 Å². The molecule has 1 N–H and O–H groups in total. The topological polar surface area (TPSA) is 55.4 Å². The van der Waals surface area contributed by atoms with Gasteiger partial charge in [0.05, 0.1) is 13.2 Å². The number of ether oxygens (including phenoxy) is 1. The number of nitrogens with one attached hydrogen (secondary N) is 1. The van der Waals surface area contributed by atoms with Gasteiger partial charge in [-0.15, -0.1) is 0 Å². The van der Waals surface area contributed by atoms with Gasteiger partial charge in [-0.1, -0.05) is 18.2 Å². The third-order valence-corrected chi connectivity index (χ3v) is 2.48. The van der Waals surface area contributed by atoms with Gasteiger partial charge < -0.3 is 10.1 Å². The zero-order chi connectivity index (χ0) is 13.4. The van der Waals surface area contributed by atoms with Crippen LogP contribution in [0, 0.1) is 0 Å². The van der Waals surface area contributed by atoms with E-state index in [2.05, 4.69) is 10.1 Å². The maximum atomic E-state index is 12.7. The summed E-state index contributed by atoms with van der Waals surface area (Å²) in [6, 6.07) is 7.87. The lowest BCUT2D eigenvalue weighted by atomic mass is 10.1. The van der Waals surface area contributed by atoms with Crippen molar-refractivity contribution in [2.24, 2.45) is 0 Å². The summed E-state index contributed by atoms with van der Waals surface area (Å²) in [5.41, 5.74) is 0.467. The van der Waals surface area contributed by atoms with Gasteiger partial charge in [0.25, 0.3) is 5.91 Å². The molecule has 1 atom stereocenters. The summed E-state index contributed by atoms with van der Waals surface area (Å²) in [5, 5.41) is 2.54. The van der Waals surface area contributed by atoms with E-state index in [1.165, 1.54) is 7.11 Å². The molecular weight excluding hydrogens is 237 g/mol. The molecule has 1 amide bonds. The fourth-order valence-electron chi connectivity index (χ4n) is 1.44. The summed E-state index contributed by atoms with van der Waals surface area (Å²) in [5.74, 6) is -0.759. The number of amides is 1. The highest BCUT2D eigenvalue weighted by Gasteiger charge is 2.15. The zero-order valence-corrected chi connectivity index (χ0v) is 10.2. The lowest BCUT2D eigenvalue weighted by molar-refractivity contribution is -0.140. The minimum absolute atomic E-state index is 0.0835. The predicted molar refractivity (Wildman–Crippen MR) is 64.9 cm³/mol. The molecule has 0 spiro atoms. The second kappa shape index (κ2) is 7.42. The average molecular weight is 253 g/mol. The molecule has 0 saturated heterocycles. The maximum Gasteiger partial charge on any atom is 0.305 e. The number of halogens is 1. The van der Waals surface area contributed by atoms with Crippen molar-refractivity contribution < 1.29 is 18.7 Å². The van der Waals surface area contributed by atoms with Gasteiger partial charge in [-0.3, -0.25) is 9.59 Å². The van der Waals surface area contributed by atoms with Gasteiger partial charge in [-0.25, -0.2) is 4.39 Å². The molecule has 1 rings (SSSR count). The van der Waals surface area contributed by atoms with Gasteiger partial charge in [0, 0.05) is 12.0 Å². The van der Waals surface area contributed by atoms with Gasteiger partial charge in [-0.2, -0.15) is 0 Å². The highest BCUT2D eigenvalue weighted by molar-refractivity contribution is 5.94. The molecule has 0 aliphatic rings. The van der Waals surface area contributed by atoms with E-state index in [0.29, 0.717) is 5.56 Å². The Hall–Kier alpha value is -1.91. The van der Waals surface area contributed by atoms with Crippen LogP contribution in [0.2, 0.25) is 0 Å². The summed E-state index contributed by atoms with van der Waals surface area (Å²) < 4.78 is 17.2. The van der Waals surface area contributed by atoms with Crippen molar-refractivity contribution in [3.8, 4) is 0 Å². The molecule has 0 aromatic heterocycles. The van der Waals surface area contributed by atoms with E-state index in [1.807, 2.05) is 0 Å². The fraction of sp³-hybridized carbons (Fsp3) is 0.385. The van der Waals surface area contributed by atoms with Crippen molar-refractivity contribution in [2.45, 2.75) is 18.9 Å². The zero-order valence-electron chi connectivity index (χ0n) is 10.2. The summed E-state index contributed by atoms with van der Waals surface area (Å²) >= 11 is 0. The molecule has 1 aromatic rings. The summed E-state index contributed by atoms with van der Waals surface area (Å²) in [7, 11) is 1.27. The van der Waals surface area contributed by atoms with Crippen LogP contribution in [0.5, 0.6) is 0 Å². The smallest absolute Gasteiger partial charge is 0.305 e. The van der Waals surface area contributed by atoms with Crippen LogP contribution in [-0.2, 0) is 9.53 Å². The Morgan fingerprint density at radius 3 is 2.56 bits per heavy atom. The number of rotatable bonds is 6. The summed E-state index contributed by atoms with van der Waals surface area (Å²) in [6.45, 7) is -0.713. The summed E-state index contributed by atoms with van der Waals surface area (Å²) in [6.07, 6.45) is 0.307. The lowest BCUT2D eigenvalue weighted by Gasteiger charge is -2.14. The number of benzene rings is 1. The number of esters is 1. The van der Waals surface area contributed by atoms with E-state index in [0.717, 1.165) is 0 Å². The molecular formula is C13H16FNO3. The number of alkyl halides is 1. The van der Waals surface area contributed by atoms with Crippen molar-refractivity contribution in [2.75, 3.05) is 13.8 Å². The van der Waals surface area contributed by atoms with Crippen molar-refractivity contribution >= 4 is 11.9 Å². The van der Waals surface area contributed by atoms with E-state index in [9.17, 15) is 14.0 Å². The molecule has 5 heteroatoms. The normalized spacial score (nSPS) is 11.7. The highest BCUT2D eigenvalue weighted by atomic mass is 19.1. The molecule has 0 fully saturated rings. The standard InChI is InChI=1S/C13H16FNO3/c1-18-12(16)8-7-11(9-14)15-13(17)10-5-3-2-4-6-10/h2-6,11H,7-9H2,1H3,(H,15,17). The molecule has 4 nitrogen and oxygen atoms in total. The molecule has 98 valence electrons. The van der Waals surface area contributed by atoms with E-state index < -0.39 is 18.7 Å². The summed E-state index contributed by atoms with van der Waals surface area (Å²) in [4.78, 5) is 22.7. The number of carbonyl (C=O) groups excluding carboxylic acids is 2. The van der Waals surface area contributed by atoms with Crippen LogP contribution in [0.1, 0.15) is 23.2 Å². The Morgan fingerprint density at radius 2 is 2.00 bits per heavy atom. The second-order valence-corrected chi connectivity index (χ2v) is 3.81. The van der Waals surface area contributed by atoms with Gasteiger partial charge in [0.15, 0.2) is 0 Å². The van der Waals surface area contributed by atoms with Crippen LogP contribution in [0.4, 0.5) is 4.39 Å². The molecule has 0 bridgehead atoms. The Bertz CT molecular complexity index is 394. The molecule has 0 aliphatic heterocycles. The molecule has 0 aliphatic carbocycles. The first-order chi connectivity index (χ1) is 8.67. The fourth-order valence-corrected chi connectivity index (χ4v) is 1.44. The van der Waals surface area contributed by atoms with Gasteiger partial charge in [0.2, 0.25) is 0 Å². The van der Waals surface area contributed by atoms with Crippen molar-refractivity contribution in [3.05, 3.63) is 35.9 Å². The molecule has 0 saturated carbocycles. The molecule has 0 radical (unpaired) electrons. The maximum absolute atomic E-state index is 12.7. The third-order valence-electron chi connectivity index (χ3n) is 2.48. The Labute approximate surface area is 105 Å².